The normalized spacial score (nSPS) is 12.2. The second kappa shape index (κ2) is 8.86. The van der Waals surface area contributed by atoms with Gasteiger partial charge in [0.25, 0.3) is 0 Å². The first-order chi connectivity index (χ1) is 10.7. The number of thiazole rings is 1. The molecule has 1 aromatic rings. The second-order valence-electron chi connectivity index (χ2n) is 6.42. The van der Waals surface area contributed by atoms with Gasteiger partial charge in [0, 0.05) is 29.9 Å². The van der Waals surface area contributed by atoms with E-state index in [2.05, 4.69) is 32.9 Å². The van der Waals surface area contributed by atoms with E-state index in [0.29, 0.717) is 5.96 Å². The number of hydrogen-bond donors (Lipinski definition) is 3. The zero-order valence-electron chi connectivity index (χ0n) is 15.0. The lowest BCUT2D eigenvalue weighted by atomic mass is 10.1. The van der Waals surface area contributed by atoms with Gasteiger partial charge in [-0.2, -0.15) is 0 Å². The largest absolute Gasteiger partial charge is 0.357 e. The first-order valence-electron chi connectivity index (χ1n) is 7.97. The Balaban J connectivity index is 2.47. The molecule has 0 aliphatic rings. The van der Waals surface area contributed by atoms with Crippen molar-refractivity contribution in [2.75, 3.05) is 19.6 Å². The molecule has 0 spiro atoms. The van der Waals surface area contributed by atoms with E-state index in [1.54, 1.807) is 11.3 Å². The molecule has 0 unspecified atom stereocenters. The minimum absolute atomic E-state index is 0.0825. The van der Waals surface area contributed by atoms with Crippen LogP contribution in [0.3, 0.4) is 0 Å². The van der Waals surface area contributed by atoms with Gasteiger partial charge >= 0.3 is 0 Å². The van der Waals surface area contributed by atoms with Crippen molar-refractivity contribution in [1.82, 2.24) is 20.9 Å². The molecular weight excluding hydrogens is 310 g/mol. The number of carbonyl (C=O) groups is 1. The highest BCUT2D eigenvalue weighted by Crippen LogP contribution is 2.16. The van der Waals surface area contributed by atoms with E-state index in [0.717, 1.165) is 30.2 Å². The maximum atomic E-state index is 11.8. The topological polar surface area (TPSA) is 78.4 Å². The fourth-order valence-electron chi connectivity index (χ4n) is 1.88. The Morgan fingerprint density at radius 3 is 2.48 bits per heavy atom. The van der Waals surface area contributed by atoms with Crippen molar-refractivity contribution in [3.8, 4) is 0 Å². The molecule has 1 aromatic heterocycles. The van der Waals surface area contributed by atoms with E-state index in [-0.39, 0.29) is 18.0 Å². The third-order valence-corrected chi connectivity index (χ3v) is 4.08. The van der Waals surface area contributed by atoms with E-state index >= 15 is 0 Å². The van der Waals surface area contributed by atoms with E-state index in [1.807, 2.05) is 34.6 Å². The number of nitrogens with one attached hydrogen (secondary N) is 3. The fraction of sp³-hybridized carbons (Fsp3) is 0.688. The number of hydrogen-bond acceptors (Lipinski definition) is 4. The van der Waals surface area contributed by atoms with Crippen LogP contribution in [0.5, 0.6) is 0 Å². The molecule has 0 aromatic carbocycles. The number of guanidine groups is 1. The van der Waals surface area contributed by atoms with Crippen molar-refractivity contribution in [3.05, 3.63) is 15.6 Å². The van der Waals surface area contributed by atoms with Crippen LogP contribution in [0.1, 0.15) is 43.3 Å². The van der Waals surface area contributed by atoms with E-state index in [1.165, 1.54) is 4.88 Å². The van der Waals surface area contributed by atoms with Crippen molar-refractivity contribution in [2.24, 2.45) is 4.99 Å². The smallest absolute Gasteiger partial charge is 0.242 e. The number of aryl methyl sites for hydroxylation is 2. The third kappa shape index (κ3) is 7.97. The maximum absolute atomic E-state index is 11.8. The summed E-state index contributed by atoms with van der Waals surface area (Å²) >= 11 is 1.73. The van der Waals surface area contributed by atoms with Crippen molar-refractivity contribution in [2.45, 2.75) is 53.5 Å². The molecule has 0 saturated heterocycles. The average Bonchev–Trinajstić information content (AvgIpc) is 2.73. The fourth-order valence-corrected chi connectivity index (χ4v) is 2.82. The van der Waals surface area contributed by atoms with E-state index < -0.39 is 0 Å². The highest BCUT2D eigenvalue weighted by atomic mass is 32.1. The molecule has 7 heteroatoms. The first kappa shape index (κ1) is 19.4. The van der Waals surface area contributed by atoms with Gasteiger partial charge in [-0.15, -0.1) is 11.3 Å². The molecule has 0 bridgehead atoms. The molecule has 23 heavy (non-hydrogen) atoms. The molecule has 3 N–H and O–H groups in total. The Kier molecular flexibility index (Phi) is 7.48. The maximum Gasteiger partial charge on any atom is 0.242 e. The summed E-state index contributed by atoms with van der Waals surface area (Å²) in [5, 5.41) is 10.4. The summed E-state index contributed by atoms with van der Waals surface area (Å²) in [7, 11) is 0. The predicted molar refractivity (Wildman–Crippen MR) is 97.2 cm³/mol. The van der Waals surface area contributed by atoms with Crippen LogP contribution in [0.15, 0.2) is 4.99 Å². The van der Waals surface area contributed by atoms with Crippen LogP contribution in [-0.4, -0.2) is 42.0 Å². The molecular formula is C16H29N5OS. The predicted octanol–water partition coefficient (Wildman–Crippen LogP) is 1.77. The third-order valence-electron chi connectivity index (χ3n) is 2.94. The van der Waals surface area contributed by atoms with Gasteiger partial charge < -0.3 is 16.0 Å². The summed E-state index contributed by atoms with van der Waals surface area (Å²) in [6, 6.07) is 0. The molecule has 0 fully saturated rings. The van der Waals surface area contributed by atoms with Gasteiger partial charge in [-0.05, 0) is 41.5 Å². The Labute approximate surface area is 143 Å². The number of amides is 1. The summed E-state index contributed by atoms with van der Waals surface area (Å²) in [4.78, 5) is 21.9. The number of aliphatic imine (C=N–C) groups is 1. The van der Waals surface area contributed by atoms with Crippen molar-refractivity contribution >= 4 is 23.2 Å². The standard InChI is InChI=1S/C16H29N5OS/c1-7-17-15(19-10-13(22)21-16(4,5)6)18-9-8-14-20-11(2)12(3)23-14/h7-10H2,1-6H3,(H,21,22)(H2,17,18,19). The molecule has 130 valence electrons. The highest BCUT2D eigenvalue weighted by molar-refractivity contribution is 7.11. The van der Waals surface area contributed by atoms with Crippen LogP contribution in [0.2, 0.25) is 0 Å². The zero-order valence-corrected chi connectivity index (χ0v) is 15.9. The van der Waals surface area contributed by atoms with Gasteiger partial charge in [-0.3, -0.25) is 4.79 Å². The van der Waals surface area contributed by atoms with Crippen molar-refractivity contribution in [3.63, 3.8) is 0 Å². The summed E-state index contributed by atoms with van der Waals surface area (Å²) in [5.41, 5.74) is 0.864. The average molecular weight is 340 g/mol. The van der Waals surface area contributed by atoms with Crippen molar-refractivity contribution in [1.29, 1.82) is 0 Å². The number of nitrogens with zero attached hydrogens (tertiary/aromatic N) is 2. The van der Waals surface area contributed by atoms with Crippen LogP contribution < -0.4 is 16.0 Å². The number of rotatable bonds is 6. The van der Waals surface area contributed by atoms with Gasteiger partial charge in [0.15, 0.2) is 5.96 Å². The zero-order chi connectivity index (χ0) is 17.5. The van der Waals surface area contributed by atoms with Crippen LogP contribution >= 0.6 is 11.3 Å². The quantitative estimate of drug-likeness (QED) is 0.545. The molecule has 0 saturated carbocycles. The Morgan fingerprint density at radius 2 is 1.96 bits per heavy atom. The summed E-state index contributed by atoms with van der Waals surface area (Å²) in [6.07, 6.45) is 0.845. The molecule has 0 aliphatic carbocycles. The minimum Gasteiger partial charge on any atom is -0.357 e. The molecule has 1 heterocycles. The highest BCUT2D eigenvalue weighted by Gasteiger charge is 2.13. The Bertz CT molecular complexity index is 526. The summed E-state index contributed by atoms with van der Waals surface area (Å²) < 4.78 is 0. The van der Waals surface area contributed by atoms with Crippen LogP contribution in [0, 0.1) is 13.8 Å². The molecule has 0 atom stereocenters. The monoisotopic (exact) mass is 339 g/mol. The lowest BCUT2D eigenvalue weighted by molar-refractivity contribution is -0.121. The molecule has 1 amide bonds. The first-order valence-corrected chi connectivity index (χ1v) is 8.79. The second-order valence-corrected chi connectivity index (χ2v) is 7.71. The number of carbonyl (C=O) groups excluding carboxylic acids is 1. The molecule has 0 radical (unpaired) electrons. The van der Waals surface area contributed by atoms with Crippen molar-refractivity contribution < 1.29 is 4.79 Å². The number of aromatic nitrogens is 1. The van der Waals surface area contributed by atoms with Crippen LogP contribution in [0.25, 0.3) is 0 Å². The van der Waals surface area contributed by atoms with Crippen LogP contribution in [-0.2, 0) is 11.2 Å². The van der Waals surface area contributed by atoms with Gasteiger partial charge in [-0.25, -0.2) is 9.98 Å². The lowest BCUT2D eigenvalue weighted by Gasteiger charge is -2.20. The van der Waals surface area contributed by atoms with Crippen LogP contribution in [0.4, 0.5) is 0 Å². The Morgan fingerprint density at radius 1 is 1.26 bits per heavy atom. The lowest BCUT2D eigenvalue weighted by Crippen LogP contribution is -2.43. The SMILES string of the molecule is CCNC(=NCC(=O)NC(C)(C)C)NCCc1nc(C)c(C)s1. The summed E-state index contributed by atoms with van der Waals surface area (Å²) in [5.74, 6) is 0.572. The van der Waals surface area contributed by atoms with Gasteiger partial charge in [0.05, 0.1) is 10.7 Å². The van der Waals surface area contributed by atoms with E-state index in [9.17, 15) is 4.79 Å². The van der Waals surface area contributed by atoms with Gasteiger partial charge in [0.1, 0.15) is 6.54 Å². The van der Waals surface area contributed by atoms with Gasteiger partial charge in [-0.1, -0.05) is 0 Å². The van der Waals surface area contributed by atoms with E-state index in [4.69, 9.17) is 0 Å². The molecule has 1 rings (SSSR count). The summed E-state index contributed by atoms with van der Waals surface area (Å²) in [6.45, 7) is 13.6. The van der Waals surface area contributed by atoms with Gasteiger partial charge in [0.2, 0.25) is 5.91 Å². The minimum atomic E-state index is -0.237. The Hall–Kier alpha value is -1.63. The molecule has 0 aliphatic heterocycles. The molecule has 6 nitrogen and oxygen atoms in total.